The third kappa shape index (κ3) is 3.93. The molecular weight excluding hydrogens is 482 g/mol. The van der Waals surface area contributed by atoms with Gasteiger partial charge in [0.1, 0.15) is 0 Å². The van der Waals surface area contributed by atoms with Crippen LogP contribution in [0.25, 0.3) is 50.5 Å². The van der Waals surface area contributed by atoms with Gasteiger partial charge in [-0.15, -0.1) is 0 Å². The zero-order valence-corrected chi connectivity index (χ0v) is 23.6. The molecule has 0 spiro atoms. The van der Waals surface area contributed by atoms with Gasteiger partial charge < -0.3 is 4.57 Å². The summed E-state index contributed by atoms with van der Waals surface area (Å²) in [6.45, 7) is 8.96. The topological polar surface area (TPSA) is 4.93 Å². The number of aryl methyl sites for hydroxylation is 2. The first-order chi connectivity index (χ1) is 19.4. The molecule has 40 heavy (non-hydrogen) atoms. The van der Waals surface area contributed by atoms with Crippen LogP contribution >= 0.6 is 0 Å². The number of fused-ring (bicyclic) bond motifs is 3. The molecule has 0 saturated carbocycles. The lowest BCUT2D eigenvalue weighted by Gasteiger charge is -2.22. The molecule has 0 unspecified atom stereocenters. The lowest BCUT2D eigenvalue weighted by molar-refractivity contribution is 0.660. The predicted molar refractivity (Wildman–Crippen MR) is 169 cm³/mol. The second kappa shape index (κ2) is 9.24. The fourth-order valence-corrected chi connectivity index (χ4v) is 6.30. The van der Waals surface area contributed by atoms with Crippen LogP contribution in [0, 0.1) is 13.8 Å². The summed E-state index contributed by atoms with van der Waals surface area (Å²) in [5, 5.41) is 0. The molecule has 1 heteroatoms. The van der Waals surface area contributed by atoms with E-state index in [1.54, 1.807) is 0 Å². The van der Waals surface area contributed by atoms with Crippen molar-refractivity contribution in [2.24, 2.45) is 0 Å². The molecule has 7 rings (SSSR count). The average molecular weight is 516 g/mol. The van der Waals surface area contributed by atoms with Gasteiger partial charge in [-0.2, -0.15) is 0 Å². The number of hydrogen-bond donors (Lipinski definition) is 0. The van der Waals surface area contributed by atoms with Gasteiger partial charge in [-0.25, -0.2) is 0 Å². The zero-order chi connectivity index (χ0) is 27.4. The van der Waals surface area contributed by atoms with E-state index in [1.165, 1.54) is 67.0 Å². The summed E-state index contributed by atoms with van der Waals surface area (Å²) < 4.78 is 2.39. The van der Waals surface area contributed by atoms with Gasteiger partial charge in [0.25, 0.3) is 0 Å². The zero-order valence-electron chi connectivity index (χ0n) is 23.6. The SMILES string of the molecule is Cc1ccc(-c2ccc(-c3ccc(C)cc3)n2-c2ccc(-c3ccc4c(c3)C(C)(C)c3ccccc3-4)cc2)cc1. The van der Waals surface area contributed by atoms with Crippen molar-refractivity contribution in [3.05, 3.63) is 150 Å². The van der Waals surface area contributed by atoms with Crippen molar-refractivity contribution in [2.45, 2.75) is 33.1 Å². The summed E-state index contributed by atoms with van der Waals surface area (Å²) in [6.07, 6.45) is 0. The minimum Gasteiger partial charge on any atom is -0.309 e. The number of nitrogens with zero attached hydrogens (tertiary/aromatic N) is 1. The standard InChI is InChI=1S/C39H33N/c1-26-9-13-29(14-10-26)37-23-24-38(30-15-11-27(2)12-16-30)40(37)32-20-17-28(18-21-32)31-19-22-34-33-7-5-6-8-35(33)39(3,4)36(34)25-31/h5-25H,1-4H3. The van der Waals surface area contributed by atoms with Gasteiger partial charge in [-0.1, -0.05) is 122 Å². The summed E-state index contributed by atoms with van der Waals surface area (Å²) in [5.41, 5.74) is 16.6. The molecule has 1 aliphatic carbocycles. The van der Waals surface area contributed by atoms with Crippen LogP contribution in [-0.2, 0) is 5.41 Å². The Labute approximate surface area is 237 Å². The molecule has 0 aliphatic heterocycles. The molecule has 194 valence electrons. The fraction of sp³-hybridized carbons (Fsp3) is 0.128. The Balaban J connectivity index is 1.31. The highest BCUT2D eigenvalue weighted by Gasteiger charge is 2.35. The second-order valence-corrected chi connectivity index (χ2v) is 11.6. The summed E-state index contributed by atoms with van der Waals surface area (Å²) in [5.74, 6) is 0. The highest BCUT2D eigenvalue weighted by atomic mass is 15.0. The van der Waals surface area contributed by atoms with E-state index in [0.717, 1.165) is 5.69 Å². The number of rotatable bonds is 4. The molecule has 0 amide bonds. The molecule has 0 fully saturated rings. The predicted octanol–water partition coefficient (Wildman–Crippen LogP) is 10.4. The molecule has 0 radical (unpaired) electrons. The first kappa shape index (κ1) is 24.4. The Hall–Kier alpha value is -4.62. The summed E-state index contributed by atoms with van der Waals surface area (Å²) in [4.78, 5) is 0. The number of hydrogen-bond acceptors (Lipinski definition) is 0. The van der Waals surface area contributed by atoms with Crippen LogP contribution in [0.15, 0.2) is 127 Å². The third-order valence-corrected chi connectivity index (χ3v) is 8.62. The van der Waals surface area contributed by atoms with Crippen molar-refractivity contribution in [3.63, 3.8) is 0 Å². The van der Waals surface area contributed by atoms with E-state index in [0.29, 0.717) is 0 Å². The molecule has 0 saturated heterocycles. The molecule has 5 aromatic carbocycles. The number of benzene rings is 5. The monoisotopic (exact) mass is 515 g/mol. The molecule has 1 aliphatic rings. The van der Waals surface area contributed by atoms with Crippen LogP contribution in [0.5, 0.6) is 0 Å². The Morgan fingerprint density at radius 3 is 1.55 bits per heavy atom. The van der Waals surface area contributed by atoms with Gasteiger partial charge >= 0.3 is 0 Å². The van der Waals surface area contributed by atoms with E-state index in [1.807, 2.05) is 0 Å². The Kier molecular flexibility index (Phi) is 5.64. The lowest BCUT2D eigenvalue weighted by atomic mass is 9.81. The van der Waals surface area contributed by atoms with E-state index in [4.69, 9.17) is 0 Å². The molecule has 0 N–H and O–H groups in total. The van der Waals surface area contributed by atoms with Crippen LogP contribution < -0.4 is 0 Å². The molecular formula is C39H33N. The maximum atomic E-state index is 2.40. The van der Waals surface area contributed by atoms with E-state index in [-0.39, 0.29) is 5.41 Å². The summed E-state index contributed by atoms with van der Waals surface area (Å²) in [6, 6.07) is 47.0. The van der Waals surface area contributed by atoms with Gasteiger partial charge in [0.2, 0.25) is 0 Å². The lowest BCUT2D eigenvalue weighted by Crippen LogP contribution is -2.14. The van der Waals surface area contributed by atoms with Crippen LogP contribution in [-0.4, -0.2) is 4.57 Å². The largest absolute Gasteiger partial charge is 0.309 e. The van der Waals surface area contributed by atoms with Crippen LogP contribution in [0.2, 0.25) is 0 Å². The van der Waals surface area contributed by atoms with Crippen molar-refractivity contribution >= 4 is 0 Å². The summed E-state index contributed by atoms with van der Waals surface area (Å²) in [7, 11) is 0. The van der Waals surface area contributed by atoms with Gasteiger partial charge in [-0.05, 0) is 88.7 Å². The van der Waals surface area contributed by atoms with Crippen LogP contribution in [0.3, 0.4) is 0 Å². The minimum atomic E-state index is -0.00109. The molecule has 6 aromatic rings. The Morgan fingerprint density at radius 2 is 0.950 bits per heavy atom. The quantitative estimate of drug-likeness (QED) is 0.220. The van der Waals surface area contributed by atoms with Crippen molar-refractivity contribution in [3.8, 4) is 50.5 Å². The Morgan fingerprint density at radius 1 is 0.450 bits per heavy atom. The van der Waals surface area contributed by atoms with E-state index < -0.39 is 0 Å². The van der Waals surface area contributed by atoms with Gasteiger partial charge in [0, 0.05) is 11.1 Å². The highest BCUT2D eigenvalue weighted by Crippen LogP contribution is 2.49. The van der Waals surface area contributed by atoms with Gasteiger partial charge in [-0.3, -0.25) is 0 Å². The fourth-order valence-electron chi connectivity index (χ4n) is 6.30. The maximum Gasteiger partial charge on any atom is 0.0535 e. The van der Waals surface area contributed by atoms with E-state index >= 15 is 0 Å². The Bertz CT molecular complexity index is 1780. The van der Waals surface area contributed by atoms with E-state index in [9.17, 15) is 0 Å². The summed E-state index contributed by atoms with van der Waals surface area (Å²) >= 11 is 0. The van der Waals surface area contributed by atoms with E-state index in [2.05, 4.69) is 160 Å². The molecule has 1 nitrogen and oxygen atoms in total. The van der Waals surface area contributed by atoms with Crippen LogP contribution in [0.4, 0.5) is 0 Å². The van der Waals surface area contributed by atoms with Crippen molar-refractivity contribution in [2.75, 3.05) is 0 Å². The smallest absolute Gasteiger partial charge is 0.0535 e. The molecule has 0 atom stereocenters. The van der Waals surface area contributed by atoms with Gasteiger partial charge in [0.15, 0.2) is 0 Å². The van der Waals surface area contributed by atoms with Gasteiger partial charge in [0.05, 0.1) is 11.4 Å². The first-order valence-electron chi connectivity index (χ1n) is 14.1. The number of aromatic nitrogens is 1. The molecule has 1 heterocycles. The minimum absolute atomic E-state index is 0.00109. The average Bonchev–Trinajstić information content (AvgIpc) is 3.51. The van der Waals surface area contributed by atoms with Crippen molar-refractivity contribution in [1.29, 1.82) is 0 Å². The van der Waals surface area contributed by atoms with Crippen LogP contribution in [0.1, 0.15) is 36.1 Å². The second-order valence-electron chi connectivity index (χ2n) is 11.6. The van der Waals surface area contributed by atoms with Crippen molar-refractivity contribution < 1.29 is 0 Å². The maximum absolute atomic E-state index is 2.40. The third-order valence-electron chi connectivity index (χ3n) is 8.62. The van der Waals surface area contributed by atoms with Crippen molar-refractivity contribution in [1.82, 2.24) is 4.57 Å². The molecule has 1 aromatic heterocycles. The highest BCUT2D eigenvalue weighted by molar-refractivity contribution is 5.84. The molecule has 0 bridgehead atoms. The normalized spacial score (nSPS) is 13.2. The first-order valence-corrected chi connectivity index (χ1v) is 14.1.